The fraction of sp³-hybridized carbons (Fsp3) is 0.278. The molecule has 1 aromatic carbocycles. The number of aryl methyl sites for hydroxylation is 2. The molecule has 9 heteroatoms. The first-order valence-electron chi connectivity index (χ1n) is 8.00. The molecule has 2 heterocycles. The zero-order chi connectivity index (χ0) is 19.6. The molecule has 142 valence electrons. The average molecular weight is 451 g/mol. The average Bonchev–Trinajstić information content (AvgIpc) is 3.00. The van der Waals surface area contributed by atoms with Crippen molar-refractivity contribution >= 4 is 38.9 Å². The highest BCUT2D eigenvalue weighted by molar-refractivity contribution is 9.10. The van der Waals surface area contributed by atoms with Crippen LogP contribution in [0.15, 0.2) is 22.8 Å². The number of ether oxygens (including phenoxy) is 3. The second-order valence-electron chi connectivity index (χ2n) is 5.58. The lowest BCUT2D eigenvalue weighted by Gasteiger charge is -2.15. The molecule has 7 nitrogen and oxygen atoms in total. The van der Waals surface area contributed by atoms with E-state index >= 15 is 0 Å². The highest BCUT2D eigenvalue weighted by Gasteiger charge is 2.16. The van der Waals surface area contributed by atoms with Gasteiger partial charge in [0.25, 0.3) is 0 Å². The molecule has 0 fully saturated rings. The van der Waals surface area contributed by atoms with Gasteiger partial charge in [-0.3, -0.25) is 0 Å². The molecule has 0 amide bonds. The molecular formula is C18H19BrN4O3S. The van der Waals surface area contributed by atoms with Gasteiger partial charge in [-0.1, -0.05) is 0 Å². The third-order valence-corrected chi connectivity index (χ3v) is 5.44. The summed E-state index contributed by atoms with van der Waals surface area (Å²) in [6.07, 6.45) is 1.72. The van der Waals surface area contributed by atoms with E-state index in [4.69, 9.17) is 14.2 Å². The zero-order valence-corrected chi connectivity index (χ0v) is 18.0. The zero-order valence-electron chi connectivity index (χ0n) is 15.6. The summed E-state index contributed by atoms with van der Waals surface area (Å²) in [4.78, 5) is 14.5. The maximum atomic E-state index is 5.39. The molecule has 0 bridgehead atoms. The molecule has 0 spiro atoms. The van der Waals surface area contributed by atoms with Gasteiger partial charge in [-0.25, -0.2) is 15.0 Å². The monoisotopic (exact) mass is 450 g/mol. The fourth-order valence-corrected chi connectivity index (χ4v) is 4.06. The summed E-state index contributed by atoms with van der Waals surface area (Å²) >= 11 is 5.13. The van der Waals surface area contributed by atoms with Gasteiger partial charge in [0.15, 0.2) is 11.5 Å². The molecule has 0 unspecified atom stereocenters. The number of hydrogen-bond donors (Lipinski definition) is 1. The van der Waals surface area contributed by atoms with E-state index in [1.54, 1.807) is 51.0 Å². The molecule has 0 saturated carbocycles. The standard InChI is InChI=1S/C18H19BrN4O3S/c1-9-17(27-10(2)21-9)15-12(19)8-20-18(23-15)22-11-6-13(24-3)16(26-5)14(7-11)25-4/h6-8H,1-5H3,(H,20,22,23). The molecule has 0 aliphatic rings. The van der Waals surface area contributed by atoms with E-state index < -0.39 is 0 Å². The SMILES string of the molecule is COc1cc(Nc2ncc(Br)c(-c3sc(C)nc3C)n2)cc(OC)c1OC. The van der Waals surface area contributed by atoms with E-state index in [0.29, 0.717) is 23.2 Å². The summed E-state index contributed by atoms with van der Waals surface area (Å²) < 4.78 is 16.9. The topological polar surface area (TPSA) is 78.4 Å². The number of methoxy groups -OCH3 is 3. The molecule has 27 heavy (non-hydrogen) atoms. The predicted octanol–water partition coefficient (Wildman–Crippen LogP) is 4.75. The molecule has 1 N–H and O–H groups in total. The first-order chi connectivity index (χ1) is 13.0. The lowest BCUT2D eigenvalue weighted by Crippen LogP contribution is -2.01. The molecule has 0 radical (unpaired) electrons. The van der Waals surface area contributed by atoms with Gasteiger partial charge < -0.3 is 19.5 Å². The maximum absolute atomic E-state index is 5.39. The van der Waals surface area contributed by atoms with Crippen LogP contribution in [0.4, 0.5) is 11.6 Å². The van der Waals surface area contributed by atoms with Crippen molar-refractivity contribution in [2.45, 2.75) is 13.8 Å². The van der Waals surface area contributed by atoms with Crippen LogP contribution in [0, 0.1) is 13.8 Å². The highest BCUT2D eigenvalue weighted by atomic mass is 79.9. The molecule has 3 aromatic rings. The lowest BCUT2D eigenvalue weighted by atomic mass is 10.2. The van der Waals surface area contributed by atoms with Crippen LogP contribution in [0.2, 0.25) is 0 Å². The summed E-state index contributed by atoms with van der Waals surface area (Å²) in [5.41, 5.74) is 2.45. The first-order valence-corrected chi connectivity index (χ1v) is 9.61. The Bertz CT molecular complexity index is 952. The molecule has 2 aromatic heterocycles. The number of benzene rings is 1. The Hall–Kier alpha value is -2.39. The van der Waals surface area contributed by atoms with Gasteiger partial charge in [0.05, 0.1) is 41.4 Å². The second kappa shape index (κ2) is 8.10. The third kappa shape index (κ3) is 3.98. The van der Waals surface area contributed by atoms with E-state index in [1.165, 1.54) is 0 Å². The van der Waals surface area contributed by atoms with Crippen molar-refractivity contribution in [3.8, 4) is 27.8 Å². The summed E-state index contributed by atoms with van der Waals surface area (Å²) in [6, 6.07) is 3.60. The molecule has 0 saturated heterocycles. The van der Waals surface area contributed by atoms with Crippen molar-refractivity contribution in [1.29, 1.82) is 0 Å². The van der Waals surface area contributed by atoms with Crippen molar-refractivity contribution < 1.29 is 14.2 Å². The van der Waals surface area contributed by atoms with Crippen molar-refractivity contribution in [3.05, 3.63) is 33.5 Å². The van der Waals surface area contributed by atoms with Crippen LogP contribution in [0.1, 0.15) is 10.7 Å². The largest absolute Gasteiger partial charge is 0.493 e. The van der Waals surface area contributed by atoms with Crippen LogP contribution in [0.25, 0.3) is 10.6 Å². The van der Waals surface area contributed by atoms with Crippen molar-refractivity contribution in [3.63, 3.8) is 0 Å². The normalized spacial score (nSPS) is 10.6. The predicted molar refractivity (Wildman–Crippen MR) is 110 cm³/mol. The van der Waals surface area contributed by atoms with Gasteiger partial charge in [0, 0.05) is 24.0 Å². The Morgan fingerprint density at radius 1 is 1.00 bits per heavy atom. The number of thiazole rings is 1. The summed E-state index contributed by atoms with van der Waals surface area (Å²) in [5.74, 6) is 2.07. The number of hydrogen-bond acceptors (Lipinski definition) is 8. The summed E-state index contributed by atoms with van der Waals surface area (Å²) in [5, 5.41) is 4.19. The van der Waals surface area contributed by atoms with Crippen LogP contribution >= 0.6 is 27.3 Å². The molecule has 0 atom stereocenters. The highest BCUT2D eigenvalue weighted by Crippen LogP contribution is 2.41. The van der Waals surface area contributed by atoms with E-state index in [1.807, 2.05) is 13.8 Å². The number of anilines is 2. The summed E-state index contributed by atoms with van der Waals surface area (Å²) in [6.45, 7) is 3.95. The molecule has 0 aliphatic carbocycles. The Balaban J connectivity index is 1.99. The number of nitrogens with one attached hydrogen (secondary N) is 1. The van der Waals surface area contributed by atoms with E-state index in [9.17, 15) is 0 Å². The van der Waals surface area contributed by atoms with Gasteiger partial charge in [-0.2, -0.15) is 0 Å². The molecule has 3 rings (SSSR count). The number of rotatable bonds is 6. The van der Waals surface area contributed by atoms with Crippen LogP contribution in [0.3, 0.4) is 0 Å². The maximum Gasteiger partial charge on any atom is 0.227 e. The fourth-order valence-electron chi connectivity index (χ4n) is 2.62. The van der Waals surface area contributed by atoms with Gasteiger partial charge in [-0.05, 0) is 29.8 Å². The first kappa shape index (κ1) is 19.4. The number of aromatic nitrogens is 3. The quantitative estimate of drug-likeness (QED) is 0.580. The van der Waals surface area contributed by atoms with Crippen LogP contribution < -0.4 is 19.5 Å². The smallest absolute Gasteiger partial charge is 0.227 e. The van der Waals surface area contributed by atoms with Crippen LogP contribution in [0.5, 0.6) is 17.2 Å². The number of nitrogens with zero attached hydrogens (tertiary/aromatic N) is 3. The Morgan fingerprint density at radius 3 is 2.19 bits per heavy atom. The van der Waals surface area contributed by atoms with Crippen molar-refractivity contribution in [2.24, 2.45) is 0 Å². The summed E-state index contributed by atoms with van der Waals surface area (Å²) in [7, 11) is 4.71. The Kier molecular flexibility index (Phi) is 5.81. The van der Waals surface area contributed by atoms with Gasteiger partial charge in [0.2, 0.25) is 11.7 Å². The van der Waals surface area contributed by atoms with Gasteiger partial charge in [0.1, 0.15) is 5.69 Å². The van der Waals surface area contributed by atoms with Gasteiger partial charge >= 0.3 is 0 Å². The van der Waals surface area contributed by atoms with Gasteiger partial charge in [-0.15, -0.1) is 11.3 Å². The Morgan fingerprint density at radius 2 is 1.67 bits per heavy atom. The Labute approximate surface area is 169 Å². The van der Waals surface area contributed by atoms with Crippen molar-refractivity contribution in [2.75, 3.05) is 26.6 Å². The third-order valence-electron chi connectivity index (χ3n) is 3.78. The molecule has 0 aliphatic heterocycles. The van der Waals surface area contributed by atoms with E-state index in [0.717, 1.165) is 31.4 Å². The molecular weight excluding hydrogens is 432 g/mol. The lowest BCUT2D eigenvalue weighted by molar-refractivity contribution is 0.324. The number of halogens is 1. The van der Waals surface area contributed by atoms with E-state index in [-0.39, 0.29) is 0 Å². The van der Waals surface area contributed by atoms with Crippen LogP contribution in [-0.4, -0.2) is 36.3 Å². The minimum Gasteiger partial charge on any atom is -0.493 e. The van der Waals surface area contributed by atoms with Crippen LogP contribution in [-0.2, 0) is 0 Å². The van der Waals surface area contributed by atoms with E-state index in [2.05, 4.69) is 36.2 Å². The second-order valence-corrected chi connectivity index (χ2v) is 7.63. The van der Waals surface area contributed by atoms with Crippen molar-refractivity contribution in [1.82, 2.24) is 15.0 Å². The minimum absolute atomic E-state index is 0.452. The minimum atomic E-state index is 0.452.